The topological polar surface area (TPSA) is 83.0 Å². The van der Waals surface area contributed by atoms with Crippen molar-refractivity contribution in [1.82, 2.24) is 9.97 Å². The summed E-state index contributed by atoms with van der Waals surface area (Å²) in [5.74, 6) is -0.488. The number of thioether (sulfide) groups is 1. The van der Waals surface area contributed by atoms with E-state index in [2.05, 4.69) is 16.0 Å². The zero-order valence-electron chi connectivity index (χ0n) is 13.3. The SMILES string of the molecule is Cc1ccc(-c2csc3nc(SCCC(=O)O)[nH]c(=O)c23)c(C)c1. The number of hydrogen-bond donors (Lipinski definition) is 2. The average molecular weight is 360 g/mol. The van der Waals surface area contributed by atoms with Gasteiger partial charge >= 0.3 is 5.97 Å². The van der Waals surface area contributed by atoms with Gasteiger partial charge in [0.2, 0.25) is 0 Å². The Labute approximate surface area is 146 Å². The molecule has 3 rings (SSSR count). The van der Waals surface area contributed by atoms with Gasteiger partial charge in [-0.3, -0.25) is 9.59 Å². The molecule has 0 aliphatic rings. The summed E-state index contributed by atoms with van der Waals surface area (Å²) in [6, 6.07) is 6.15. The standard InChI is InChI=1S/C17H16N2O3S2/c1-9-3-4-11(10(2)7-9)12-8-24-16-14(12)15(22)18-17(19-16)23-6-5-13(20)21/h3-4,7-8H,5-6H2,1-2H3,(H,20,21)(H,18,19,22). The fraction of sp³-hybridized carbons (Fsp3) is 0.235. The molecule has 0 bridgehead atoms. The molecule has 7 heteroatoms. The number of aryl methyl sites for hydroxylation is 2. The number of nitrogens with one attached hydrogen (secondary N) is 1. The Morgan fingerprint density at radius 3 is 2.83 bits per heavy atom. The van der Waals surface area contributed by atoms with Crippen LogP contribution in [0, 0.1) is 13.8 Å². The molecular weight excluding hydrogens is 344 g/mol. The van der Waals surface area contributed by atoms with E-state index in [0.717, 1.165) is 16.7 Å². The molecule has 124 valence electrons. The molecule has 0 fully saturated rings. The van der Waals surface area contributed by atoms with Crippen LogP contribution in [0.5, 0.6) is 0 Å². The molecule has 0 unspecified atom stereocenters. The van der Waals surface area contributed by atoms with Gasteiger partial charge in [-0.05, 0) is 25.0 Å². The van der Waals surface area contributed by atoms with Crippen molar-refractivity contribution in [3.05, 3.63) is 45.1 Å². The lowest BCUT2D eigenvalue weighted by Gasteiger charge is -2.06. The first-order valence-corrected chi connectivity index (χ1v) is 9.26. The predicted molar refractivity (Wildman–Crippen MR) is 98.1 cm³/mol. The van der Waals surface area contributed by atoms with Gasteiger partial charge in [0.05, 0.1) is 11.8 Å². The largest absolute Gasteiger partial charge is 0.481 e. The van der Waals surface area contributed by atoms with Crippen molar-refractivity contribution in [3.63, 3.8) is 0 Å². The molecule has 0 radical (unpaired) electrons. The lowest BCUT2D eigenvalue weighted by Crippen LogP contribution is -2.09. The highest BCUT2D eigenvalue weighted by Crippen LogP contribution is 2.33. The quantitative estimate of drug-likeness (QED) is 0.534. The number of aliphatic carboxylic acids is 1. The molecule has 0 atom stereocenters. The van der Waals surface area contributed by atoms with Crippen molar-refractivity contribution in [3.8, 4) is 11.1 Å². The molecule has 2 aromatic heterocycles. The van der Waals surface area contributed by atoms with Gasteiger partial charge in [-0.1, -0.05) is 35.5 Å². The highest BCUT2D eigenvalue weighted by molar-refractivity contribution is 7.99. The molecule has 0 amide bonds. The molecule has 0 aliphatic carbocycles. The van der Waals surface area contributed by atoms with E-state index in [1.165, 1.54) is 28.7 Å². The first-order chi connectivity index (χ1) is 11.5. The second-order valence-corrected chi connectivity index (χ2v) is 7.45. The van der Waals surface area contributed by atoms with Crippen LogP contribution in [0.15, 0.2) is 33.5 Å². The fourth-order valence-corrected chi connectivity index (χ4v) is 4.33. The molecule has 0 spiro atoms. The minimum Gasteiger partial charge on any atom is -0.481 e. The van der Waals surface area contributed by atoms with Gasteiger partial charge in [-0.25, -0.2) is 4.98 Å². The summed E-state index contributed by atoms with van der Waals surface area (Å²) in [6.45, 7) is 4.07. The summed E-state index contributed by atoms with van der Waals surface area (Å²) in [6.07, 6.45) is 0.0324. The number of hydrogen-bond acceptors (Lipinski definition) is 5. The van der Waals surface area contributed by atoms with Crippen molar-refractivity contribution < 1.29 is 9.90 Å². The maximum Gasteiger partial charge on any atom is 0.304 e. The Kier molecular flexibility index (Phi) is 4.73. The molecule has 3 aromatic rings. The van der Waals surface area contributed by atoms with Crippen LogP contribution in [0.4, 0.5) is 0 Å². The number of aromatic amines is 1. The number of carboxylic acids is 1. The highest BCUT2D eigenvalue weighted by Gasteiger charge is 2.14. The van der Waals surface area contributed by atoms with E-state index in [1.54, 1.807) is 0 Å². The third-order valence-corrected chi connectivity index (χ3v) is 5.40. The van der Waals surface area contributed by atoms with E-state index in [-0.39, 0.29) is 12.0 Å². The number of rotatable bonds is 5. The van der Waals surface area contributed by atoms with Crippen LogP contribution in [0.2, 0.25) is 0 Å². The first kappa shape index (κ1) is 16.7. The summed E-state index contributed by atoms with van der Waals surface area (Å²) < 4.78 is 0. The fourth-order valence-electron chi connectivity index (χ4n) is 2.55. The zero-order chi connectivity index (χ0) is 17.3. The van der Waals surface area contributed by atoms with Crippen LogP contribution in [0.25, 0.3) is 21.3 Å². The lowest BCUT2D eigenvalue weighted by atomic mass is 9.99. The van der Waals surface area contributed by atoms with Gasteiger partial charge in [-0.15, -0.1) is 11.3 Å². The van der Waals surface area contributed by atoms with Crippen molar-refractivity contribution in [1.29, 1.82) is 0 Å². The van der Waals surface area contributed by atoms with Crippen molar-refractivity contribution in [2.24, 2.45) is 0 Å². The van der Waals surface area contributed by atoms with Crippen LogP contribution < -0.4 is 5.56 Å². The van der Waals surface area contributed by atoms with Gasteiger partial charge < -0.3 is 10.1 Å². The van der Waals surface area contributed by atoms with E-state index in [4.69, 9.17) is 5.11 Å². The number of fused-ring (bicyclic) bond motifs is 1. The van der Waals surface area contributed by atoms with Crippen LogP contribution in [0.1, 0.15) is 17.5 Å². The van der Waals surface area contributed by atoms with Crippen LogP contribution in [-0.4, -0.2) is 26.8 Å². The third kappa shape index (κ3) is 3.37. The number of H-pyrrole nitrogens is 1. The maximum atomic E-state index is 12.5. The molecule has 0 saturated carbocycles. The van der Waals surface area contributed by atoms with E-state index in [9.17, 15) is 9.59 Å². The van der Waals surface area contributed by atoms with Gasteiger partial charge in [0.25, 0.3) is 5.56 Å². The Morgan fingerprint density at radius 1 is 1.33 bits per heavy atom. The second kappa shape index (κ2) is 6.78. The Balaban J connectivity index is 2.01. The van der Waals surface area contributed by atoms with Crippen molar-refractivity contribution in [2.45, 2.75) is 25.4 Å². The van der Waals surface area contributed by atoms with E-state index < -0.39 is 5.97 Å². The number of benzene rings is 1. The summed E-state index contributed by atoms with van der Waals surface area (Å²) in [5.41, 5.74) is 4.04. The third-order valence-electron chi connectivity index (χ3n) is 3.65. The van der Waals surface area contributed by atoms with Crippen LogP contribution in [0.3, 0.4) is 0 Å². The van der Waals surface area contributed by atoms with Crippen molar-refractivity contribution >= 4 is 39.3 Å². The van der Waals surface area contributed by atoms with Gasteiger partial charge in [0, 0.05) is 16.7 Å². The first-order valence-electron chi connectivity index (χ1n) is 7.39. The Bertz CT molecular complexity index is 976. The van der Waals surface area contributed by atoms with E-state index in [1.807, 2.05) is 31.4 Å². The van der Waals surface area contributed by atoms with Crippen LogP contribution in [-0.2, 0) is 4.79 Å². The summed E-state index contributed by atoms with van der Waals surface area (Å²) in [5, 5.41) is 11.7. The maximum absolute atomic E-state index is 12.5. The number of nitrogens with zero attached hydrogens (tertiary/aromatic N) is 1. The normalized spacial score (nSPS) is 11.1. The number of carbonyl (C=O) groups is 1. The molecule has 1 aromatic carbocycles. The molecular formula is C17H16N2O3S2. The number of thiophene rings is 1. The predicted octanol–water partition coefficient (Wildman–Crippen LogP) is 3.84. The number of aromatic nitrogens is 2. The minimum atomic E-state index is -0.862. The molecule has 0 aliphatic heterocycles. The minimum absolute atomic E-state index is 0.0324. The van der Waals surface area contributed by atoms with E-state index in [0.29, 0.717) is 21.1 Å². The molecule has 24 heavy (non-hydrogen) atoms. The average Bonchev–Trinajstić information content (AvgIpc) is 2.91. The van der Waals surface area contributed by atoms with Crippen molar-refractivity contribution in [2.75, 3.05) is 5.75 Å². The second-order valence-electron chi connectivity index (χ2n) is 5.51. The Morgan fingerprint density at radius 2 is 2.12 bits per heavy atom. The molecule has 0 saturated heterocycles. The smallest absolute Gasteiger partial charge is 0.304 e. The number of carboxylic acid groups (broad SMARTS) is 1. The summed E-state index contributed by atoms with van der Waals surface area (Å²) >= 11 is 2.68. The van der Waals surface area contributed by atoms with Gasteiger partial charge in [-0.2, -0.15) is 0 Å². The van der Waals surface area contributed by atoms with Crippen LogP contribution >= 0.6 is 23.1 Å². The summed E-state index contributed by atoms with van der Waals surface area (Å²) in [4.78, 5) is 31.0. The van der Waals surface area contributed by atoms with E-state index >= 15 is 0 Å². The zero-order valence-corrected chi connectivity index (χ0v) is 14.9. The summed E-state index contributed by atoms with van der Waals surface area (Å²) in [7, 11) is 0. The van der Waals surface area contributed by atoms with Gasteiger partial charge in [0.15, 0.2) is 5.16 Å². The monoisotopic (exact) mass is 360 g/mol. The molecule has 2 heterocycles. The lowest BCUT2D eigenvalue weighted by molar-refractivity contribution is -0.136. The molecule has 5 nitrogen and oxygen atoms in total. The highest BCUT2D eigenvalue weighted by atomic mass is 32.2. The van der Waals surface area contributed by atoms with Gasteiger partial charge in [0.1, 0.15) is 4.83 Å². The Hall–Kier alpha value is -2.12. The molecule has 2 N–H and O–H groups in total.